The Balaban J connectivity index is 2.72. The van der Waals surface area contributed by atoms with E-state index in [2.05, 4.69) is 42.8 Å². The number of amides is 1. The Hall–Kier alpha value is -1.30. The lowest BCUT2D eigenvalue weighted by molar-refractivity contribution is -0.127. The molecule has 28 heavy (non-hydrogen) atoms. The lowest BCUT2D eigenvalue weighted by Gasteiger charge is -2.26. The molecule has 6 heteroatoms. The van der Waals surface area contributed by atoms with Gasteiger partial charge in [-0.2, -0.15) is 0 Å². The van der Waals surface area contributed by atoms with Gasteiger partial charge in [0.25, 0.3) is 0 Å². The van der Waals surface area contributed by atoms with E-state index < -0.39 is 0 Å². The zero-order chi connectivity index (χ0) is 20.9. The number of carbonyl (C=O) groups is 1. The first-order chi connectivity index (χ1) is 13.4. The number of carbonyl (C=O) groups excluding carboxylic acids is 1. The normalized spacial score (nSPS) is 18.6. The van der Waals surface area contributed by atoms with Crippen molar-refractivity contribution in [2.75, 3.05) is 59.9 Å². The first-order valence-electron chi connectivity index (χ1n) is 11.4. The number of likely N-dealkylation sites (N-methyl/N-ethyl adjacent to an activating group) is 1. The monoisotopic (exact) mass is 395 g/mol. The standard InChI is InChI=1S/C22H45N5O/c1-7-11-12-19(8-2)15-23-22(24-16-21(28)25(5)6)27-14-13-20(18-27)17-26(9-3)10-4/h19-20H,7-18H2,1-6H3,(H,23,24). The number of hydrogen-bond donors (Lipinski definition) is 1. The van der Waals surface area contributed by atoms with E-state index in [0.29, 0.717) is 11.8 Å². The fourth-order valence-electron chi connectivity index (χ4n) is 3.75. The summed E-state index contributed by atoms with van der Waals surface area (Å²) in [6.07, 6.45) is 6.16. The first-order valence-corrected chi connectivity index (χ1v) is 11.4. The second-order valence-electron chi connectivity index (χ2n) is 8.31. The van der Waals surface area contributed by atoms with Crippen molar-refractivity contribution in [1.29, 1.82) is 0 Å². The predicted octanol–water partition coefficient (Wildman–Crippen LogP) is 2.90. The molecular weight excluding hydrogens is 350 g/mol. The van der Waals surface area contributed by atoms with Crippen molar-refractivity contribution in [3.8, 4) is 0 Å². The predicted molar refractivity (Wildman–Crippen MR) is 120 cm³/mol. The third-order valence-electron chi connectivity index (χ3n) is 5.95. The third kappa shape index (κ3) is 8.80. The summed E-state index contributed by atoms with van der Waals surface area (Å²) in [5.41, 5.74) is 0. The van der Waals surface area contributed by atoms with E-state index >= 15 is 0 Å². The van der Waals surface area contributed by atoms with E-state index in [9.17, 15) is 4.79 Å². The molecule has 0 radical (unpaired) electrons. The van der Waals surface area contributed by atoms with Crippen LogP contribution >= 0.6 is 0 Å². The number of unbranched alkanes of at least 4 members (excludes halogenated alkanes) is 1. The summed E-state index contributed by atoms with van der Waals surface area (Å²) < 4.78 is 0. The van der Waals surface area contributed by atoms with Crippen LogP contribution in [0.25, 0.3) is 0 Å². The highest BCUT2D eigenvalue weighted by atomic mass is 16.2. The third-order valence-corrected chi connectivity index (χ3v) is 5.95. The maximum absolute atomic E-state index is 12.1. The summed E-state index contributed by atoms with van der Waals surface area (Å²) in [7, 11) is 3.58. The van der Waals surface area contributed by atoms with Crippen molar-refractivity contribution >= 4 is 11.9 Å². The average molecular weight is 396 g/mol. The number of aliphatic imine (C=N–C) groups is 1. The van der Waals surface area contributed by atoms with E-state index in [-0.39, 0.29) is 12.5 Å². The van der Waals surface area contributed by atoms with Crippen molar-refractivity contribution in [2.24, 2.45) is 16.8 Å². The summed E-state index contributed by atoms with van der Waals surface area (Å²) in [6.45, 7) is 15.6. The molecule has 1 aliphatic heterocycles. The molecule has 0 aromatic rings. The zero-order valence-electron chi connectivity index (χ0n) is 19.3. The van der Waals surface area contributed by atoms with Gasteiger partial charge in [-0.25, -0.2) is 4.99 Å². The van der Waals surface area contributed by atoms with Crippen LogP contribution in [0, 0.1) is 11.8 Å². The second kappa shape index (κ2) is 13.8. The smallest absolute Gasteiger partial charge is 0.243 e. The highest BCUT2D eigenvalue weighted by Crippen LogP contribution is 2.18. The summed E-state index contributed by atoms with van der Waals surface area (Å²) in [5, 5.41) is 3.61. The van der Waals surface area contributed by atoms with E-state index in [1.54, 1.807) is 19.0 Å². The largest absolute Gasteiger partial charge is 0.356 e. The number of guanidine groups is 1. The molecule has 1 saturated heterocycles. The molecule has 0 spiro atoms. The van der Waals surface area contributed by atoms with Crippen LogP contribution < -0.4 is 5.32 Å². The van der Waals surface area contributed by atoms with Gasteiger partial charge in [-0.3, -0.25) is 4.79 Å². The summed E-state index contributed by atoms with van der Waals surface area (Å²) in [4.78, 5) is 23.2. The van der Waals surface area contributed by atoms with Crippen LogP contribution in [0.4, 0.5) is 0 Å². The van der Waals surface area contributed by atoms with Gasteiger partial charge in [-0.05, 0) is 37.8 Å². The van der Waals surface area contributed by atoms with Gasteiger partial charge in [0.05, 0.1) is 0 Å². The molecule has 1 amide bonds. The topological polar surface area (TPSA) is 51.2 Å². The molecule has 1 rings (SSSR count). The molecular formula is C22H45N5O. The van der Waals surface area contributed by atoms with E-state index in [1.807, 2.05) is 0 Å². The Kier molecular flexibility index (Phi) is 12.2. The van der Waals surface area contributed by atoms with Gasteiger partial charge < -0.3 is 20.0 Å². The quantitative estimate of drug-likeness (QED) is 0.408. The van der Waals surface area contributed by atoms with Crippen molar-refractivity contribution < 1.29 is 4.79 Å². The molecule has 0 saturated carbocycles. The molecule has 164 valence electrons. The van der Waals surface area contributed by atoms with Crippen LogP contribution in [0.3, 0.4) is 0 Å². The highest BCUT2D eigenvalue weighted by molar-refractivity contribution is 5.85. The van der Waals surface area contributed by atoms with Gasteiger partial charge in [0.2, 0.25) is 5.91 Å². The Morgan fingerprint density at radius 2 is 1.93 bits per heavy atom. The fraction of sp³-hybridized carbons (Fsp3) is 0.909. The van der Waals surface area contributed by atoms with Crippen molar-refractivity contribution in [1.82, 2.24) is 20.0 Å². The fourth-order valence-corrected chi connectivity index (χ4v) is 3.75. The van der Waals surface area contributed by atoms with Crippen LogP contribution in [-0.2, 0) is 4.79 Å². The Bertz CT molecular complexity index is 462. The molecule has 0 aromatic carbocycles. The van der Waals surface area contributed by atoms with Crippen LogP contribution in [0.5, 0.6) is 0 Å². The van der Waals surface area contributed by atoms with Gasteiger partial charge in [0.1, 0.15) is 6.54 Å². The van der Waals surface area contributed by atoms with E-state index in [0.717, 1.165) is 45.2 Å². The highest BCUT2D eigenvalue weighted by Gasteiger charge is 2.26. The molecule has 0 aromatic heterocycles. The SMILES string of the molecule is CCCCC(CC)CNC(=NCC(=O)N(C)C)N1CCC(CN(CC)CC)C1. The second-order valence-corrected chi connectivity index (χ2v) is 8.31. The van der Waals surface area contributed by atoms with Crippen LogP contribution in [0.15, 0.2) is 4.99 Å². The van der Waals surface area contributed by atoms with Gasteiger partial charge in [0.15, 0.2) is 5.96 Å². The number of nitrogens with zero attached hydrogens (tertiary/aromatic N) is 4. The molecule has 1 heterocycles. The van der Waals surface area contributed by atoms with Crippen molar-refractivity contribution in [3.63, 3.8) is 0 Å². The zero-order valence-corrected chi connectivity index (χ0v) is 19.3. The Morgan fingerprint density at radius 3 is 2.50 bits per heavy atom. The summed E-state index contributed by atoms with van der Waals surface area (Å²) in [5.74, 6) is 2.32. The van der Waals surface area contributed by atoms with Gasteiger partial charge in [0, 0.05) is 40.3 Å². The lowest BCUT2D eigenvalue weighted by atomic mass is 9.99. The van der Waals surface area contributed by atoms with Crippen LogP contribution in [0.2, 0.25) is 0 Å². The minimum absolute atomic E-state index is 0.0520. The van der Waals surface area contributed by atoms with Gasteiger partial charge >= 0.3 is 0 Å². The minimum Gasteiger partial charge on any atom is -0.356 e. The van der Waals surface area contributed by atoms with Crippen molar-refractivity contribution in [3.05, 3.63) is 0 Å². The molecule has 2 atom stereocenters. The summed E-state index contributed by atoms with van der Waals surface area (Å²) in [6, 6.07) is 0. The van der Waals surface area contributed by atoms with Gasteiger partial charge in [-0.15, -0.1) is 0 Å². The van der Waals surface area contributed by atoms with Gasteiger partial charge in [-0.1, -0.05) is 47.0 Å². The number of nitrogens with one attached hydrogen (secondary N) is 1. The number of likely N-dealkylation sites (tertiary alicyclic amines) is 1. The average Bonchev–Trinajstić information content (AvgIpc) is 3.16. The maximum Gasteiger partial charge on any atom is 0.243 e. The Morgan fingerprint density at radius 1 is 1.21 bits per heavy atom. The molecule has 1 fully saturated rings. The van der Waals surface area contributed by atoms with E-state index in [4.69, 9.17) is 4.99 Å². The van der Waals surface area contributed by atoms with Crippen LogP contribution in [-0.4, -0.2) is 86.5 Å². The lowest BCUT2D eigenvalue weighted by Crippen LogP contribution is -2.43. The molecule has 1 N–H and O–H groups in total. The maximum atomic E-state index is 12.1. The first kappa shape index (κ1) is 24.7. The van der Waals surface area contributed by atoms with Crippen LogP contribution in [0.1, 0.15) is 59.8 Å². The summed E-state index contributed by atoms with van der Waals surface area (Å²) >= 11 is 0. The molecule has 0 aliphatic carbocycles. The molecule has 6 nitrogen and oxygen atoms in total. The Labute approximate surface area is 173 Å². The van der Waals surface area contributed by atoms with Crippen molar-refractivity contribution in [2.45, 2.75) is 59.8 Å². The number of hydrogen-bond acceptors (Lipinski definition) is 3. The van der Waals surface area contributed by atoms with E-state index in [1.165, 1.54) is 32.1 Å². The molecule has 0 bridgehead atoms. The minimum atomic E-state index is 0.0520. The molecule has 2 unspecified atom stereocenters. The molecule has 1 aliphatic rings. The number of rotatable bonds is 12.